The summed E-state index contributed by atoms with van der Waals surface area (Å²) in [5.74, 6) is -0.238. The molecule has 0 aromatic carbocycles. The molecule has 5 atom stereocenters. The molecule has 2 bridgehead atoms. The summed E-state index contributed by atoms with van der Waals surface area (Å²) in [5.41, 5.74) is 6.88. The maximum atomic E-state index is 11.9. The number of carbonyl (C=O) groups excluding carboxylic acids is 1. The first kappa shape index (κ1) is 17.0. The summed E-state index contributed by atoms with van der Waals surface area (Å²) >= 11 is 0. The van der Waals surface area contributed by atoms with Crippen molar-refractivity contribution >= 4 is 18.2 Å². The van der Waals surface area contributed by atoms with Crippen LogP contribution >= 0.6 is 0 Å². The first-order chi connectivity index (χ1) is 11.3. The van der Waals surface area contributed by atoms with Gasteiger partial charge in [0.15, 0.2) is 5.96 Å². The van der Waals surface area contributed by atoms with Gasteiger partial charge >= 0.3 is 5.97 Å². The number of fused-ring (bicyclic) bond motifs is 1. The Morgan fingerprint density at radius 3 is 2.79 bits per heavy atom. The van der Waals surface area contributed by atoms with Gasteiger partial charge in [0.25, 0.3) is 0 Å². The van der Waals surface area contributed by atoms with Gasteiger partial charge in [-0.05, 0) is 42.9 Å². The fraction of sp³-hybridized carbons (Fsp3) is 0.722. The van der Waals surface area contributed by atoms with Gasteiger partial charge in [0.2, 0.25) is 0 Å². The highest BCUT2D eigenvalue weighted by molar-refractivity contribution is 5.94. The SMILES string of the molecule is CN=C(N)NCC1(C)C2CCC(C)C13CC(C=O)C(C(=O)O)=C3C2. The topological polar surface area (TPSA) is 105 Å². The second-order valence-corrected chi connectivity index (χ2v) is 7.87. The summed E-state index contributed by atoms with van der Waals surface area (Å²) in [5, 5.41) is 12.9. The second kappa shape index (κ2) is 5.60. The van der Waals surface area contributed by atoms with Crippen molar-refractivity contribution in [1.82, 2.24) is 5.32 Å². The van der Waals surface area contributed by atoms with Crippen molar-refractivity contribution in [1.29, 1.82) is 0 Å². The van der Waals surface area contributed by atoms with Crippen molar-refractivity contribution in [3.05, 3.63) is 11.1 Å². The zero-order valence-electron chi connectivity index (χ0n) is 14.6. The maximum Gasteiger partial charge on any atom is 0.332 e. The lowest BCUT2D eigenvalue weighted by atomic mass is 9.51. The number of hydrogen-bond donors (Lipinski definition) is 3. The molecule has 132 valence electrons. The molecule has 0 amide bonds. The average molecular weight is 333 g/mol. The minimum absolute atomic E-state index is 0.117. The number of aliphatic carboxylic acids is 1. The van der Waals surface area contributed by atoms with Gasteiger partial charge in [0.1, 0.15) is 6.29 Å². The predicted octanol–water partition coefficient (Wildman–Crippen LogP) is 1.56. The number of nitrogens with two attached hydrogens (primary N) is 1. The van der Waals surface area contributed by atoms with Crippen LogP contribution < -0.4 is 11.1 Å². The molecule has 6 heteroatoms. The number of hydrogen-bond acceptors (Lipinski definition) is 3. The Kier molecular flexibility index (Phi) is 3.97. The first-order valence-corrected chi connectivity index (χ1v) is 8.70. The molecule has 1 spiro atoms. The van der Waals surface area contributed by atoms with E-state index in [4.69, 9.17) is 5.73 Å². The lowest BCUT2D eigenvalue weighted by molar-refractivity contribution is -0.134. The number of allylic oxidation sites excluding steroid dienone is 1. The van der Waals surface area contributed by atoms with Gasteiger partial charge < -0.3 is 21.0 Å². The van der Waals surface area contributed by atoms with Crippen molar-refractivity contribution in [2.24, 2.45) is 39.3 Å². The smallest absolute Gasteiger partial charge is 0.332 e. The highest BCUT2D eigenvalue weighted by Gasteiger charge is 2.68. The Balaban J connectivity index is 2.10. The van der Waals surface area contributed by atoms with E-state index in [1.54, 1.807) is 7.05 Å². The number of carbonyl (C=O) groups is 2. The van der Waals surface area contributed by atoms with Crippen LogP contribution in [0.25, 0.3) is 0 Å². The molecule has 3 aliphatic carbocycles. The van der Waals surface area contributed by atoms with Crippen LogP contribution in [0, 0.1) is 28.6 Å². The highest BCUT2D eigenvalue weighted by Crippen LogP contribution is 2.73. The number of nitrogens with zero attached hydrogens (tertiary/aromatic N) is 1. The van der Waals surface area contributed by atoms with Gasteiger partial charge in [0.05, 0.1) is 0 Å². The lowest BCUT2D eigenvalue weighted by Gasteiger charge is -2.53. The molecule has 0 heterocycles. The van der Waals surface area contributed by atoms with E-state index >= 15 is 0 Å². The fourth-order valence-corrected chi connectivity index (χ4v) is 5.98. The summed E-state index contributed by atoms with van der Waals surface area (Å²) in [7, 11) is 1.65. The quantitative estimate of drug-likeness (QED) is 0.411. The molecule has 0 saturated heterocycles. The largest absolute Gasteiger partial charge is 0.478 e. The molecule has 0 aromatic heterocycles. The summed E-state index contributed by atoms with van der Waals surface area (Å²) in [6, 6.07) is 0. The summed E-state index contributed by atoms with van der Waals surface area (Å²) in [4.78, 5) is 27.4. The molecule has 0 aromatic rings. The molecule has 3 rings (SSSR count). The van der Waals surface area contributed by atoms with E-state index in [0.717, 1.165) is 31.1 Å². The van der Waals surface area contributed by atoms with E-state index in [1.807, 2.05) is 0 Å². The van der Waals surface area contributed by atoms with Crippen LogP contribution in [0.15, 0.2) is 16.1 Å². The van der Waals surface area contributed by atoms with E-state index in [2.05, 4.69) is 24.2 Å². The number of nitrogens with one attached hydrogen (secondary N) is 1. The van der Waals surface area contributed by atoms with Crippen LogP contribution in [0.3, 0.4) is 0 Å². The van der Waals surface area contributed by atoms with E-state index in [1.165, 1.54) is 0 Å². The van der Waals surface area contributed by atoms with Crippen molar-refractivity contribution in [3.63, 3.8) is 0 Å². The van der Waals surface area contributed by atoms with Gasteiger partial charge in [-0.1, -0.05) is 19.4 Å². The van der Waals surface area contributed by atoms with E-state index in [-0.39, 0.29) is 10.8 Å². The predicted molar refractivity (Wildman–Crippen MR) is 91.4 cm³/mol. The lowest BCUT2D eigenvalue weighted by Crippen LogP contribution is -2.54. The molecular weight excluding hydrogens is 306 g/mol. The van der Waals surface area contributed by atoms with E-state index < -0.39 is 11.9 Å². The van der Waals surface area contributed by atoms with Crippen LogP contribution in [-0.4, -0.2) is 36.9 Å². The third kappa shape index (κ3) is 1.98. The molecule has 5 unspecified atom stereocenters. The molecule has 4 N–H and O–H groups in total. The zero-order valence-corrected chi connectivity index (χ0v) is 14.6. The number of guanidine groups is 1. The minimum atomic E-state index is -0.927. The van der Waals surface area contributed by atoms with E-state index in [9.17, 15) is 14.7 Å². The second-order valence-electron chi connectivity index (χ2n) is 7.87. The highest BCUT2D eigenvalue weighted by atomic mass is 16.4. The van der Waals surface area contributed by atoms with Gasteiger partial charge in [-0.25, -0.2) is 4.79 Å². The number of carboxylic acids is 1. The standard InChI is InChI=1S/C18H27N3O3/c1-10-4-5-12-6-13-14(15(23)24)11(8-22)7-18(10,13)17(12,2)9-21-16(19)20-3/h8,10-12H,4-7,9H2,1-3H3,(H,23,24)(H3,19,20,21). The molecule has 2 fully saturated rings. The monoisotopic (exact) mass is 333 g/mol. The summed E-state index contributed by atoms with van der Waals surface area (Å²) in [6.45, 7) is 5.11. The van der Waals surface area contributed by atoms with Crippen LogP contribution in [0.5, 0.6) is 0 Å². The Morgan fingerprint density at radius 2 is 2.21 bits per heavy atom. The van der Waals surface area contributed by atoms with Gasteiger partial charge in [0, 0.05) is 30.5 Å². The van der Waals surface area contributed by atoms with Gasteiger partial charge in [-0.15, -0.1) is 0 Å². The van der Waals surface area contributed by atoms with Crippen LogP contribution in [-0.2, 0) is 9.59 Å². The number of aliphatic imine (C=N–C) groups is 1. The normalized spacial score (nSPS) is 41.3. The van der Waals surface area contributed by atoms with Crippen LogP contribution in [0.1, 0.15) is 39.5 Å². The average Bonchev–Trinajstić information content (AvgIpc) is 2.95. The number of aldehydes is 1. The first-order valence-electron chi connectivity index (χ1n) is 8.70. The molecule has 0 radical (unpaired) electrons. The van der Waals surface area contributed by atoms with Crippen molar-refractivity contribution < 1.29 is 14.7 Å². The Hall–Kier alpha value is -1.85. The molecule has 2 saturated carbocycles. The number of carboxylic acid groups (broad SMARTS) is 1. The molecule has 0 aliphatic heterocycles. The van der Waals surface area contributed by atoms with Crippen LogP contribution in [0.4, 0.5) is 0 Å². The molecule has 24 heavy (non-hydrogen) atoms. The Labute approximate surface area is 142 Å². The van der Waals surface area contributed by atoms with Crippen molar-refractivity contribution in [2.45, 2.75) is 39.5 Å². The van der Waals surface area contributed by atoms with Gasteiger partial charge in [-0.3, -0.25) is 4.99 Å². The third-order valence-electron chi connectivity index (χ3n) is 7.21. The maximum absolute atomic E-state index is 11.9. The van der Waals surface area contributed by atoms with Gasteiger partial charge in [-0.2, -0.15) is 0 Å². The summed E-state index contributed by atoms with van der Waals surface area (Å²) in [6.07, 6.45) is 4.41. The Bertz CT molecular complexity index is 641. The van der Waals surface area contributed by atoms with Crippen molar-refractivity contribution in [2.75, 3.05) is 13.6 Å². The number of rotatable bonds is 4. The molecule has 6 nitrogen and oxygen atoms in total. The fourth-order valence-electron chi connectivity index (χ4n) is 5.98. The van der Waals surface area contributed by atoms with Crippen molar-refractivity contribution in [3.8, 4) is 0 Å². The zero-order chi connectivity index (χ0) is 17.7. The van der Waals surface area contributed by atoms with Crippen LogP contribution in [0.2, 0.25) is 0 Å². The van der Waals surface area contributed by atoms with E-state index in [0.29, 0.717) is 36.3 Å². The Morgan fingerprint density at radius 1 is 1.50 bits per heavy atom. The molecule has 3 aliphatic rings. The molecular formula is C18H27N3O3. The summed E-state index contributed by atoms with van der Waals surface area (Å²) < 4.78 is 0. The minimum Gasteiger partial charge on any atom is -0.478 e. The third-order valence-corrected chi connectivity index (χ3v) is 7.21.